The predicted molar refractivity (Wildman–Crippen MR) is 71.1 cm³/mol. The largest absolute Gasteiger partial charge is 0.350 e. The average molecular weight is 229 g/mol. The van der Waals surface area contributed by atoms with Crippen LogP contribution in [0.5, 0.6) is 0 Å². The van der Waals surface area contributed by atoms with E-state index in [2.05, 4.69) is 47.4 Å². The third-order valence-electron chi connectivity index (χ3n) is 3.86. The van der Waals surface area contributed by atoms with Crippen LogP contribution in [0.4, 0.5) is 0 Å². The molecule has 3 nitrogen and oxygen atoms in total. The van der Waals surface area contributed by atoms with Crippen molar-refractivity contribution in [3.63, 3.8) is 0 Å². The summed E-state index contributed by atoms with van der Waals surface area (Å²) in [6.07, 6.45) is 3.30. The normalized spacial score (nSPS) is 25.3. The zero-order valence-electron chi connectivity index (χ0n) is 10.2. The van der Waals surface area contributed by atoms with E-state index in [4.69, 9.17) is 5.73 Å². The fourth-order valence-electron chi connectivity index (χ4n) is 2.89. The first-order chi connectivity index (χ1) is 8.27. The third-order valence-corrected chi connectivity index (χ3v) is 3.86. The average Bonchev–Trinajstić information content (AvgIpc) is 2.68. The first-order valence-electron chi connectivity index (χ1n) is 6.27. The van der Waals surface area contributed by atoms with Crippen molar-refractivity contribution in [2.45, 2.75) is 18.4 Å². The molecule has 2 heterocycles. The van der Waals surface area contributed by atoms with Crippen molar-refractivity contribution in [1.82, 2.24) is 9.88 Å². The standard InChI is InChI=1S/C14H19N3/c1-17-9-12(10-4-2-3-5-14(10)17)11-8-16-7-6-13(11)15/h2-5,9,11,13,16H,6-8,15H2,1H3. The van der Waals surface area contributed by atoms with Crippen LogP contribution in [-0.4, -0.2) is 23.7 Å². The Kier molecular flexibility index (Phi) is 2.65. The maximum atomic E-state index is 6.26. The van der Waals surface area contributed by atoms with Gasteiger partial charge in [-0.3, -0.25) is 0 Å². The second-order valence-electron chi connectivity index (χ2n) is 4.98. The smallest absolute Gasteiger partial charge is 0.0480 e. The molecule has 1 aliphatic rings. The van der Waals surface area contributed by atoms with Gasteiger partial charge in [-0.2, -0.15) is 0 Å². The quantitative estimate of drug-likeness (QED) is 0.779. The van der Waals surface area contributed by atoms with E-state index in [1.165, 1.54) is 16.5 Å². The maximum Gasteiger partial charge on any atom is 0.0480 e. The second-order valence-corrected chi connectivity index (χ2v) is 4.98. The fourth-order valence-corrected chi connectivity index (χ4v) is 2.89. The highest BCUT2D eigenvalue weighted by Gasteiger charge is 2.25. The Morgan fingerprint density at radius 2 is 2.18 bits per heavy atom. The Morgan fingerprint density at radius 3 is 3.00 bits per heavy atom. The van der Waals surface area contributed by atoms with Crippen molar-refractivity contribution < 1.29 is 0 Å². The molecule has 1 aliphatic heterocycles. The maximum absolute atomic E-state index is 6.26. The molecule has 0 saturated carbocycles. The van der Waals surface area contributed by atoms with Gasteiger partial charge in [0.25, 0.3) is 0 Å². The summed E-state index contributed by atoms with van der Waals surface area (Å²) in [4.78, 5) is 0. The zero-order valence-corrected chi connectivity index (χ0v) is 10.2. The van der Waals surface area contributed by atoms with Gasteiger partial charge in [0.15, 0.2) is 0 Å². The Labute approximate surface area is 102 Å². The summed E-state index contributed by atoms with van der Waals surface area (Å²) < 4.78 is 2.20. The van der Waals surface area contributed by atoms with E-state index in [9.17, 15) is 0 Å². The van der Waals surface area contributed by atoms with Crippen LogP contribution in [0.2, 0.25) is 0 Å². The van der Waals surface area contributed by atoms with Crippen LogP contribution in [-0.2, 0) is 7.05 Å². The Balaban J connectivity index is 2.10. The van der Waals surface area contributed by atoms with E-state index in [1.54, 1.807) is 0 Å². The van der Waals surface area contributed by atoms with Crippen molar-refractivity contribution in [3.8, 4) is 0 Å². The summed E-state index contributed by atoms with van der Waals surface area (Å²) in [6.45, 7) is 2.04. The number of hydrogen-bond donors (Lipinski definition) is 2. The number of fused-ring (bicyclic) bond motifs is 1. The van der Waals surface area contributed by atoms with Gasteiger partial charge in [-0.1, -0.05) is 18.2 Å². The van der Waals surface area contributed by atoms with E-state index >= 15 is 0 Å². The molecule has 1 aromatic heterocycles. The molecule has 1 fully saturated rings. The van der Waals surface area contributed by atoms with Crippen molar-refractivity contribution in [1.29, 1.82) is 0 Å². The van der Waals surface area contributed by atoms with Gasteiger partial charge in [0, 0.05) is 42.7 Å². The van der Waals surface area contributed by atoms with Crippen molar-refractivity contribution >= 4 is 10.9 Å². The van der Waals surface area contributed by atoms with E-state index in [1.807, 2.05) is 0 Å². The van der Waals surface area contributed by atoms with Crippen molar-refractivity contribution in [2.24, 2.45) is 12.8 Å². The summed E-state index contributed by atoms with van der Waals surface area (Å²) in [5, 5.41) is 4.79. The van der Waals surface area contributed by atoms with Crippen LogP contribution in [0.3, 0.4) is 0 Å². The lowest BCUT2D eigenvalue weighted by Crippen LogP contribution is -2.43. The Bertz CT molecular complexity index is 529. The molecular weight excluding hydrogens is 210 g/mol. The number of benzene rings is 1. The highest BCUT2D eigenvalue weighted by molar-refractivity contribution is 5.84. The molecule has 0 amide bonds. The van der Waals surface area contributed by atoms with Crippen LogP contribution >= 0.6 is 0 Å². The molecule has 0 bridgehead atoms. The molecule has 0 spiro atoms. The van der Waals surface area contributed by atoms with Gasteiger partial charge >= 0.3 is 0 Å². The number of para-hydroxylation sites is 1. The number of aryl methyl sites for hydroxylation is 1. The first-order valence-corrected chi connectivity index (χ1v) is 6.27. The van der Waals surface area contributed by atoms with E-state index in [0.29, 0.717) is 5.92 Å². The predicted octanol–water partition coefficient (Wildman–Crippen LogP) is 1.58. The van der Waals surface area contributed by atoms with Crippen LogP contribution in [0.25, 0.3) is 10.9 Å². The molecule has 2 aromatic rings. The lowest BCUT2D eigenvalue weighted by atomic mass is 9.87. The fraction of sp³-hybridized carbons (Fsp3) is 0.429. The highest BCUT2D eigenvalue weighted by atomic mass is 14.9. The molecule has 1 saturated heterocycles. The second kappa shape index (κ2) is 4.17. The minimum atomic E-state index is 0.280. The monoisotopic (exact) mass is 229 g/mol. The number of nitrogens with zero attached hydrogens (tertiary/aromatic N) is 1. The van der Waals surface area contributed by atoms with Crippen molar-refractivity contribution in [3.05, 3.63) is 36.0 Å². The summed E-state index contributed by atoms with van der Waals surface area (Å²) in [5.74, 6) is 0.440. The lowest BCUT2D eigenvalue weighted by molar-refractivity contribution is 0.404. The molecular formula is C14H19N3. The van der Waals surface area contributed by atoms with Gasteiger partial charge in [0.05, 0.1) is 0 Å². The zero-order chi connectivity index (χ0) is 11.8. The summed E-state index contributed by atoms with van der Waals surface area (Å²) in [7, 11) is 2.10. The third kappa shape index (κ3) is 1.75. The summed E-state index contributed by atoms with van der Waals surface area (Å²) >= 11 is 0. The molecule has 90 valence electrons. The number of aromatic nitrogens is 1. The van der Waals surface area contributed by atoms with Gasteiger partial charge in [0.1, 0.15) is 0 Å². The Hall–Kier alpha value is -1.32. The van der Waals surface area contributed by atoms with Crippen LogP contribution < -0.4 is 11.1 Å². The molecule has 1 aromatic carbocycles. The first kappa shape index (κ1) is 10.8. The van der Waals surface area contributed by atoms with Crippen molar-refractivity contribution in [2.75, 3.05) is 13.1 Å². The summed E-state index contributed by atoms with van der Waals surface area (Å²) in [5.41, 5.74) is 8.95. The molecule has 0 aliphatic carbocycles. The van der Waals surface area contributed by atoms with Gasteiger partial charge in [-0.05, 0) is 24.6 Å². The molecule has 3 rings (SSSR count). The van der Waals surface area contributed by atoms with E-state index < -0.39 is 0 Å². The number of nitrogens with two attached hydrogens (primary N) is 1. The molecule has 0 radical (unpaired) electrons. The molecule has 3 N–H and O–H groups in total. The molecule has 2 unspecified atom stereocenters. The number of hydrogen-bond acceptors (Lipinski definition) is 2. The molecule has 17 heavy (non-hydrogen) atoms. The van der Waals surface area contributed by atoms with Crippen LogP contribution in [0, 0.1) is 0 Å². The van der Waals surface area contributed by atoms with Gasteiger partial charge < -0.3 is 15.6 Å². The minimum Gasteiger partial charge on any atom is -0.350 e. The lowest BCUT2D eigenvalue weighted by Gasteiger charge is -2.29. The molecule has 3 heteroatoms. The van der Waals surface area contributed by atoms with Gasteiger partial charge in [-0.25, -0.2) is 0 Å². The number of rotatable bonds is 1. The van der Waals surface area contributed by atoms with E-state index in [-0.39, 0.29) is 6.04 Å². The Morgan fingerprint density at radius 1 is 1.35 bits per heavy atom. The minimum absolute atomic E-state index is 0.280. The molecule has 2 atom stereocenters. The van der Waals surface area contributed by atoms with Gasteiger partial charge in [0.2, 0.25) is 0 Å². The number of piperidine rings is 1. The summed E-state index contributed by atoms with van der Waals surface area (Å²) in [6, 6.07) is 8.84. The van der Waals surface area contributed by atoms with E-state index in [0.717, 1.165) is 19.5 Å². The van der Waals surface area contributed by atoms with Gasteiger partial charge in [-0.15, -0.1) is 0 Å². The van der Waals surface area contributed by atoms with Crippen LogP contribution in [0.15, 0.2) is 30.5 Å². The SMILES string of the molecule is Cn1cc(C2CNCCC2N)c2ccccc21. The number of nitrogens with one attached hydrogen (secondary N) is 1. The highest BCUT2D eigenvalue weighted by Crippen LogP contribution is 2.30. The topological polar surface area (TPSA) is 43.0 Å². The van der Waals surface area contributed by atoms with Crippen LogP contribution in [0.1, 0.15) is 17.9 Å².